The molecule has 2 heterocycles. The number of aryl methyl sites for hydroxylation is 2. The van der Waals surface area contributed by atoms with Crippen LogP contribution in [-0.2, 0) is 27.3 Å². The predicted octanol–water partition coefficient (Wildman–Crippen LogP) is 4.59. The molecule has 2 aromatic carbocycles. The standard InChI is InChI=1S/C23H28BrN3O3S/c1-17-6-9-20(10-7-17)31(28,29)30-14-4-13-27-22-11-8-18(24)15-21(22)26-23(27)16-19-5-2-3-12-25-19/h6-11,15,19,25H,2-5,12-14,16H2,1H3. The Morgan fingerprint density at radius 1 is 1.19 bits per heavy atom. The van der Waals surface area contributed by atoms with Crippen LogP contribution in [0.5, 0.6) is 0 Å². The van der Waals surface area contributed by atoms with Gasteiger partial charge >= 0.3 is 0 Å². The number of aromatic nitrogens is 2. The zero-order chi connectivity index (χ0) is 21.8. The van der Waals surface area contributed by atoms with Gasteiger partial charge in [-0.3, -0.25) is 4.18 Å². The van der Waals surface area contributed by atoms with Gasteiger partial charge in [-0.1, -0.05) is 40.0 Å². The summed E-state index contributed by atoms with van der Waals surface area (Å²) in [7, 11) is -3.74. The minimum atomic E-state index is -3.74. The summed E-state index contributed by atoms with van der Waals surface area (Å²) in [4.78, 5) is 5.08. The number of halogens is 1. The molecule has 0 radical (unpaired) electrons. The molecule has 0 spiro atoms. The average molecular weight is 506 g/mol. The highest BCUT2D eigenvalue weighted by molar-refractivity contribution is 9.10. The molecule has 1 fully saturated rings. The van der Waals surface area contributed by atoms with E-state index in [0.29, 0.717) is 19.0 Å². The van der Waals surface area contributed by atoms with E-state index in [-0.39, 0.29) is 11.5 Å². The molecule has 166 valence electrons. The molecule has 8 heteroatoms. The van der Waals surface area contributed by atoms with Gasteiger partial charge in [0.25, 0.3) is 10.1 Å². The third-order valence-electron chi connectivity index (χ3n) is 5.70. The zero-order valence-electron chi connectivity index (χ0n) is 17.7. The maximum absolute atomic E-state index is 12.4. The van der Waals surface area contributed by atoms with Crippen molar-refractivity contribution in [2.75, 3.05) is 13.2 Å². The van der Waals surface area contributed by atoms with E-state index in [9.17, 15) is 8.42 Å². The third kappa shape index (κ3) is 5.55. The van der Waals surface area contributed by atoms with Crippen LogP contribution in [-0.4, -0.2) is 37.2 Å². The van der Waals surface area contributed by atoms with Gasteiger partial charge in [-0.05, 0) is 63.1 Å². The number of benzene rings is 2. The highest BCUT2D eigenvalue weighted by Gasteiger charge is 2.19. The molecule has 0 amide bonds. The van der Waals surface area contributed by atoms with Crippen LogP contribution in [0.3, 0.4) is 0 Å². The van der Waals surface area contributed by atoms with Crippen molar-refractivity contribution in [3.05, 3.63) is 58.3 Å². The van der Waals surface area contributed by atoms with Crippen LogP contribution in [0.15, 0.2) is 51.8 Å². The highest BCUT2D eigenvalue weighted by atomic mass is 79.9. The lowest BCUT2D eigenvalue weighted by Gasteiger charge is -2.23. The first kappa shape index (κ1) is 22.5. The maximum atomic E-state index is 12.4. The first-order valence-electron chi connectivity index (χ1n) is 10.8. The summed E-state index contributed by atoms with van der Waals surface area (Å²) in [6, 6.07) is 13.3. The monoisotopic (exact) mass is 505 g/mol. The van der Waals surface area contributed by atoms with Crippen molar-refractivity contribution in [1.29, 1.82) is 0 Å². The number of nitrogens with one attached hydrogen (secondary N) is 1. The highest BCUT2D eigenvalue weighted by Crippen LogP contribution is 2.23. The molecule has 31 heavy (non-hydrogen) atoms. The lowest BCUT2D eigenvalue weighted by molar-refractivity contribution is 0.303. The molecular formula is C23H28BrN3O3S. The average Bonchev–Trinajstić information content (AvgIpc) is 3.08. The first-order chi connectivity index (χ1) is 14.9. The molecule has 0 saturated carbocycles. The Morgan fingerprint density at radius 3 is 2.74 bits per heavy atom. The summed E-state index contributed by atoms with van der Waals surface area (Å²) >= 11 is 3.53. The van der Waals surface area contributed by atoms with Crippen molar-refractivity contribution in [3.63, 3.8) is 0 Å². The molecule has 4 rings (SSSR count). The van der Waals surface area contributed by atoms with Gasteiger partial charge in [0.15, 0.2) is 0 Å². The van der Waals surface area contributed by atoms with E-state index < -0.39 is 10.1 Å². The van der Waals surface area contributed by atoms with Crippen molar-refractivity contribution < 1.29 is 12.6 Å². The van der Waals surface area contributed by atoms with Crippen molar-refractivity contribution in [3.8, 4) is 0 Å². The van der Waals surface area contributed by atoms with Gasteiger partial charge in [-0.15, -0.1) is 0 Å². The Morgan fingerprint density at radius 2 is 2.00 bits per heavy atom. The second-order valence-corrected chi connectivity index (χ2v) is 10.6. The van der Waals surface area contributed by atoms with E-state index in [1.54, 1.807) is 24.3 Å². The van der Waals surface area contributed by atoms with Gasteiger partial charge < -0.3 is 9.88 Å². The van der Waals surface area contributed by atoms with Crippen LogP contribution in [0.4, 0.5) is 0 Å². The van der Waals surface area contributed by atoms with E-state index in [0.717, 1.165) is 46.3 Å². The minimum Gasteiger partial charge on any atom is -0.328 e. The summed E-state index contributed by atoms with van der Waals surface area (Å²) in [5.74, 6) is 1.04. The largest absolute Gasteiger partial charge is 0.328 e. The second-order valence-electron chi connectivity index (χ2n) is 8.11. The van der Waals surface area contributed by atoms with E-state index in [1.165, 1.54) is 12.8 Å². The smallest absolute Gasteiger partial charge is 0.296 e. The Kier molecular flexibility index (Phi) is 7.11. The molecular weight excluding hydrogens is 478 g/mol. The third-order valence-corrected chi connectivity index (χ3v) is 7.52. The van der Waals surface area contributed by atoms with Gasteiger partial charge in [0.05, 0.1) is 22.5 Å². The molecule has 1 aliphatic rings. The molecule has 1 saturated heterocycles. The molecule has 3 aromatic rings. The zero-order valence-corrected chi connectivity index (χ0v) is 20.1. The fourth-order valence-electron chi connectivity index (χ4n) is 4.04. The van der Waals surface area contributed by atoms with Gasteiger partial charge in [0.2, 0.25) is 0 Å². The van der Waals surface area contributed by atoms with E-state index in [2.05, 4.69) is 31.9 Å². The Labute approximate surface area is 192 Å². The molecule has 1 unspecified atom stereocenters. The Hall–Kier alpha value is -1.74. The molecule has 1 aromatic heterocycles. The number of hydrogen-bond acceptors (Lipinski definition) is 5. The summed E-state index contributed by atoms with van der Waals surface area (Å²) in [5.41, 5.74) is 3.03. The van der Waals surface area contributed by atoms with Gasteiger partial charge in [-0.25, -0.2) is 4.98 Å². The fourth-order valence-corrected chi connectivity index (χ4v) is 5.33. The topological polar surface area (TPSA) is 73.2 Å². The van der Waals surface area contributed by atoms with Crippen molar-refractivity contribution in [2.45, 2.75) is 56.5 Å². The van der Waals surface area contributed by atoms with Gasteiger partial charge in [0.1, 0.15) is 5.82 Å². The van der Waals surface area contributed by atoms with Crippen molar-refractivity contribution in [2.24, 2.45) is 0 Å². The van der Waals surface area contributed by atoms with Crippen LogP contribution in [0, 0.1) is 6.92 Å². The maximum Gasteiger partial charge on any atom is 0.296 e. The number of fused-ring (bicyclic) bond motifs is 1. The normalized spacial score (nSPS) is 17.3. The molecule has 0 bridgehead atoms. The Balaban J connectivity index is 1.45. The number of rotatable bonds is 8. The van der Waals surface area contributed by atoms with Crippen LogP contribution < -0.4 is 5.32 Å². The quantitative estimate of drug-likeness (QED) is 0.358. The summed E-state index contributed by atoms with van der Waals surface area (Å²) in [5, 5.41) is 3.59. The van der Waals surface area contributed by atoms with E-state index >= 15 is 0 Å². The molecule has 0 aliphatic carbocycles. The van der Waals surface area contributed by atoms with E-state index in [1.807, 2.05) is 19.1 Å². The SMILES string of the molecule is Cc1ccc(S(=O)(=O)OCCCn2c(CC3CCCCN3)nc3cc(Br)ccc32)cc1. The Bertz CT molecular complexity index is 1140. The summed E-state index contributed by atoms with van der Waals surface area (Å²) in [6.45, 7) is 3.77. The minimum absolute atomic E-state index is 0.132. The van der Waals surface area contributed by atoms with Gasteiger partial charge in [0, 0.05) is 23.5 Å². The molecule has 1 aliphatic heterocycles. The van der Waals surface area contributed by atoms with E-state index in [4.69, 9.17) is 9.17 Å². The summed E-state index contributed by atoms with van der Waals surface area (Å²) < 4.78 is 33.4. The number of imidazole rings is 1. The van der Waals surface area contributed by atoms with Crippen molar-refractivity contribution in [1.82, 2.24) is 14.9 Å². The van der Waals surface area contributed by atoms with Crippen LogP contribution >= 0.6 is 15.9 Å². The molecule has 1 N–H and O–H groups in total. The number of nitrogens with zero attached hydrogens (tertiary/aromatic N) is 2. The number of hydrogen-bond donors (Lipinski definition) is 1. The number of piperidine rings is 1. The van der Waals surface area contributed by atoms with Crippen LogP contribution in [0.25, 0.3) is 11.0 Å². The molecule has 1 atom stereocenters. The summed E-state index contributed by atoms with van der Waals surface area (Å²) in [6.07, 6.45) is 5.08. The predicted molar refractivity (Wildman–Crippen MR) is 126 cm³/mol. The first-order valence-corrected chi connectivity index (χ1v) is 13.0. The van der Waals surface area contributed by atoms with Crippen LogP contribution in [0.1, 0.15) is 37.1 Å². The molecule has 6 nitrogen and oxygen atoms in total. The van der Waals surface area contributed by atoms with Crippen molar-refractivity contribution >= 4 is 37.1 Å². The fraction of sp³-hybridized carbons (Fsp3) is 0.435. The van der Waals surface area contributed by atoms with Gasteiger partial charge in [-0.2, -0.15) is 8.42 Å². The van der Waals surface area contributed by atoms with Crippen LogP contribution in [0.2, 0.25) is 0 Å². The lowest BCUT2D eigenvalue weighted by atomic mass is 10.0. The second kappa shape index (κ2) is 9.81. The lowest BCUT2D eigenvalue weighted by Crippen LogP contribution is -2.36.